The highest BCUT2D eigenvalue weighted by molar-refractivity contribution is 5.69. The molecule has 94 valence electrons. The monoisotopic (exact) mass is 228 g/mol. The van der Waals surface area contributed by atoms with E-state index < -0.39 is 5.97 Å². The van der Waals surface area contributed by atoms with Gasteiger partial charge in [0, 0.05) is 18.6 Å². The Labute approximate surface area is 98.0 Å². The summed E-state index contributed by atoms with van der Waals surface area (Å²) in [6.45, 7) is 3.20. The van der Waals surface area contributed by atoms with Gasteiger partial charge in [0.25, 0.3) is 0 Å². The van der Waals surface area contributed by atoms with Gasteiger partial charge in [0.1, 0.15) is 0 Å². The van der Waals surface area contributed by atoms with Crippen LogP contribution in [0.3, 0.4) is 0 Å². The minimum Gasteiger partial charge on any atom is -0.481 e. The van der Waals surface area contributed by atoms with Crippen LogP contribution in [0.4, 0.5) is 0 Å². The molecule has 1 fully saturated rings. The van der Waals surface area contributed by atoms with Gasteiger partial charge in [-0.3, -0.25) is 4.79 Å². The lowest BCUT2D eigenvalue weighted by Crippen LogP contribution is -2.50. The van der Waals surface area contributed by atoms with Crippen LogP contribution in [0.15, 0.2) is 0 Å². The van der Waals surface area contributed by atoms with Gasteiger partial charge in [-0.25, -0.2) is 0 Å². The van der Waals surface area contributed by atoms with Gasteiger partial charge in [-0.2, -0.15) is 0 Å². The van der Waals surface area contributed by atoms with Gasteiger partial charge in [0.05, 0.1) is 5.92 Å². The number of aliphatic carboxylic acids is 1. The third-order valence-electron chi connectivity index (χ3n) is 3.81. The first-order chi connectivity index (χ1) is 7.48. The first kappa shape index (κ1) is 13.5. The molecule has 1 atom stereocenters. The fourth-order valence-electron chi connectivity index (χ4n) is 2.42. The Morgan fingerprint density at radius 2 is 2.00 bits per heavy atom. The van der Waals surface area contributed by atoms with Gasteiger partial charge < -0.3 is 15.3 Å². The van der Waals surface area contributed by atoms with Crippen LogP contribution in [0, 0.1) is 5.92 Å². The molecule has 0 aliphatic heterocycles. The Kier molecular flexibility index (Phi) is 4.74. The van der Waals surface area contributed by atoms with Crippen molar-refractivity contribution < 1.29 is 9.90 Å². The molecule has 0 heterocycles. The number of carboxylic acid groups (broad SMARTS) is 1. The standard InChI is InChI=1S/C12H24N2O2/c1-10(11(15)16)8-13-9-12(14(2)3)6-4-5-7-12/h10,13H,4-9H2,1-3H3,(H,15,16). The lowest BCUT2D eigenvalue weighted by molar-refractivity contribution is -0.140. The maximum Gasteiger partial charge on any atom is 0.307 e. The van der Waals surface area contributed by atoms with Gasteiger partial charge in [0.2, 0.25) is 0 Å². The molecule has 1 unspecified atom stereocenters. The van der Waals surface area contributed by atoms with Gasteiger partial charge in [0.15, 0.2) is 0 Å². The number of carbonyl (C=O) groups is 1. The number of likely N-dealkylation sites (N-methyl/N-ethyl adjacent to an activating group) is 1. The molecule has 0 bridgehead atoms. The summed E-state index contributed by atoms with van der Waals surface area (Å²) in [6.07, 6.45) is 5.01. The molecular formula is C12H24N2O2. The van der Waals surface area contributed by atoms with Gasteiger partial charge in [-0.15, -0.1) is 0 Å². The summed E-state index contributed by atoms with van der Waals surface area (Å²) >= 11 is 0. The van der Waals surface area contributed by atoms with Gasteiger partial charge in [-0.05, 0) is 26.9 Å². The SMILES string of the molecule is CC(CNCC1(N(C)C)CCCC1)C(=O)O. The van der Waals surface area contributed by atoms with E-state index >= 15 is 0 Å². The predicted molar refractivity (Wildman–Crippen MR) is 64.6 cm³/mol. The Hall–Kier alpha value is -0.610. The second-order valence-corrected chi connectivity index (χ2v) is 5.20. The molecule has 0 saturated heterocycles. The molecule has 0 spiro atoms. The lowest BCUT2D eigenvalue weighted by atomic mass is 9.96. The van der Waals surface area contributed by atoms with E-state index in [0.717, 1.165) is 6.54 Å². The molecule has 16 heavy (non-hydrogen) atoms. The molecule has 1 aliphatic carbocycles. The molecule has 4 heteroatoms. The molecule has 0 aromatic rings. The fraction of sp³-hybridized carbons (Fsp3) is 0.917. The van der Waals surface area contributed by atoms with Crippen LogP contribution in [0.2, 0.25) is 0 Å². The topological polar surface area (TPSA) is 52.6 Å². The second-order valence-electron chi connectivity index (χ2n) is 5.20. The zero-order valence-electron chi connectivity index (χ0n) is 10.6. The zero-order valence-corrected chi connectivity index (χ0v) is 10.6. The molecule has 1 saturated carbocycles. The largest absolute Gasteiger partial charge is 0.481 e. The van der Waals surface area contributed by atoms with Crippen molar-refractivity contribution in [3.63, 3.8) is 0 Å². The predicted octanol–water partition coefficient (Wildman–Crippen LogP) is 1.17. The van der Waals surface area contributed by atoms with Crippen molar-refractivity contribution in [1.82, 2.24) is 10.2 Å². The van der Waals surface area contributed by atoms with Gasteiger partial charge >= 0.3 is 5.97 Å². The molecule has 0 aromatic carbocycles. The summed E-state index contributed by atoms with van der Waals surface area (Å²) in [5.41, 5.74) is 0.248. The van der Waals surface area contributed by atoms with Crippen LogP contribution in [0.25, 0.3) is 0 Å². The number of hydrogen-bond acceptors (Lipinski definition) is 3. The quantitative estimate of drug-likeness (QED) is 0.716. The Morgan fingerprint density at radius 1 is 1.44 bits per heavy atom. The number of hydrogen-bond donors (Lipinski definition) is 2. The Morgan fingerprint density at radius 3 is 2.44 bits per heavy atom. The van der Waals surface area contributed by atoms with E-state index in [-0.39, 0.29) is 11.5 Å². The van der Waals surface area contributed by atoms with E-state index in [9.17, 15) is 4.79 Å². The van der Waals surface area contributed by atoms with E-state index in [1.807, 2.05) is 0 Å². The number of nitrogens with one attached hydrogen (secondary N) is 1. The number of nitrogens with zero attached hydrogens (tertiary/aromatic N) is 1. The van der Waals surface area contributed by atoms with Crippen LogP contribution in [0.5, 0.6) is 0 Å². The normalized spacial score (nSPS) is 21.2. The maximum absolute atomic E-state index is 10.7. The van der Waals surface area contributed by atoms with Crippen molar-refractivity contribution in [1.29, 1.82) is 0 Å². The van der Waals surface area contributed by atoms with Crippen molar-refractivity contribution in [3.8, 4) is 0 Å². The average Bonchev–Trinajstić information content (AvgIpc) is 2.67. The first-order valence-corrected chi connectivity index (χ1v) is 6.09. The lowest BCUT2D eigenvalue weighted by Gasteiger charge is -2.36. The Bertz CT molecular complexity index is 235. The van der Waals surface area contributed by atoms with Crippen LogP contribution in [-0.2, 0) is 4.79 Å². The minimum atomic E-state index is -0.724. The van der Waals surface area contributed by atoms with E-state index in [1.54, 1.807) is 6.92 Å². The summed E-state index contributed by atoms with van der Waals surface area (Å²) in [7, 11) is 4.24. The highest BCUT2D eigenvalue weighted by Gasteiger charge is 2.35. The van der Waals surface area contributed by atoms with Gasteiger partial charge in [-0.1, -0.05) is 19.8 Å². The second kappa shape index (κ2) is 5.64. The van der Waals surface area contributed by atoms with Crippen LogP contribution in [0.1, 0.15) is 32.6 Å². The molecule has 1 rings (SSSR count). The Balaban J connectivity index is 2.37. The zero-order chi connectivity index (χ0) is 12.2. The summed E-state index contributed by atoms with van der Waals surface area (Å²) in [5.74, 6) is -1.03. The molecule has 0 aromatic heterocycles. The fourth-order valence-corrected chi connectivity index (χ4v) is 2.42. The van der Waals surface area contributed by atoms with Crippen molar-refractivity contribution >= 4 is 5.97 Å². The molecule has 0 radical (unpaired) electrons. The van der Waals surface area contributed by atoms with E-state index in [4.69, 9.17) is 5.11 Å². The van der Waals surface area contributed by atoms with Crippen molar-refractivity contribution in [2.75, 3.05) is 27.2 Å². The van der Waals surface area contributed by atoms with Crippen LogP contribution in [-0.4, -0.2) is 48.7 Å². The van der Waals surface area contributed by atoms with Crippen molar-refractivity contribution in [3.05, 3.63) is 0 Å². The highest BCUT2D eigenvalue weighted by atomic mass is 16.4. The van der Waals surface area contributed by atoms with E-state index in [0.29, 0.717) is 6.54 Å². The first-order valence-electron chi connectivity index (χ1n) is 6.09. The smallest absolute Gasteiger partial charge is 0.307 e. The third-order valence-corrected chi connectivity index (χ3v) is 3.81. The molecule has 1 aliphatic rings. The summed E-state index contributed by atoms with van der Waals surface area (Å²) < 4.78 is 0. The van der Waals surface area contributed by atoms with E-state index in [2.05, 4.69) is 24.3 Å². The highest BCUT2D eigenvalue weighted by Crippen LogP contribution is 2.33. The summed E-state index contributed by atoms with van der Waals surface area (Å²) in [5, 5.41) is 12.1. The molecule has 4 nitrogen and oxygen atoms in total. The number of carboxylic acids is 1. The number of rotatable bonds is 6. The minimum absolute atomic E-state index is 0.248. The van der Waals surface area contributed by atoms with Crippen molar-refractivity contribution in [2.24, 2.45) is 5.92 Å². The third kappa shape index (κ3) is 3.19. The van der Waals surface area contributed by atoms with Crippen molar-refractivity contribution in [2.45, 2.75) is 38.1 Å². The maximum atomic E-state index is 10.7. The summed E-state index contributed by atoms with van der Waals surface area (Å²) in [6, 6.07) is 0. The van der Waals surface area contributed by atoms with E-state index in [1.165, 1.54) is 25.7 Å². The molecular weight excluding hydrogens is 204 g/mol. The average molecular weight is 228 g/mol. The van der Waals surface area contributed by atoms with Crippen LogP contribution < -0.4 is 5.32 Å². The van der Waals surface area contributed by atoms with Crippen LogP contribution >= 0.6 is 0 Å². The molecule has 2 N–H and O–H groups in total. The molecule has 0 amide bonds. The summed E-state index contributed by atoms with van der Waals surface area (Å²) in [4.78, 5) is 13.0.